The highest BCUT2D eigenvalue weighted by atomic mass is 16.6. The number of nitrogens with two attached hydrogens (primary N) is 1. The molecule has 1 aliphatic carbocycles. The van der Waals surface area contributed by atoms with Crippen LogP contribution in [0, 0.1) is 11.3 Å². The fourth-order valence-electron chi connectivity index (χ4n) is 4.07. The van der Waals surface area contributed by atoms with E-state index in [1.807, 2.05) is 0 Å². The largest absolute Gasteiger partial charge is 0.459 e. The molecule has 1 fully saturated rings. The van der Waals surface area contributed by atoms with Crippen LogP contribution in [0.15, 0.2) is 48.5 Å². The summed E-state index contributed by atoms with van der Waals surface area (Å²) < 4.78 is 11.2. The molecule has 2 aromatic carbocycles. The van der Waals surface area contributed by atoms with E-state index in [-0.39, 0.29) is 22.8 Å². The fourth-order valence-corrected chi connectivity index (χ4v) is 4.07. The highest BCUT2D eigenvalue weighted by molar-refractivity contribution is 5.96. The average Bonchev–Trinajstić information content (AvgIpc) is 2.60. The van der Waals surface area contributed by atoms with Crippen molar-refractivity contribution in [2.24, 2.45) is 11.3 Å². The van der Waals surface area contributed by atoms with Crippen LogP contribution in [0.25, 0.3) is 0 Å². The predicted molar refractivity (Wildman–Crippen MR) is 108 cm³/mol. The van der Waals surface area contributed by atoms with Crippen LogP contribution in [0.5, 0.6) is 5.75 Å². The third-order valence-corrected chi connectivity index (χ3v) is 5.08. The van der Waals surface area contributed by atoms with Crippen LogP contribution < -0.4 is 10.5 Å². The van der Waals surface area contributed by atoms with Crippen LogP contribution in [0.2, 0.25) is 0 Å². The monoisotopic (exact) mass is 381 g/mol. The van der Waals surface area contributed by atoms with Gasteiger partial charge in [0.1, 0.15) is 17.4 Å². The second-order valence-corrected chi connectivity index (χ2v) is 8.45. The second-order valence-electron chi connectivity index (χ2n) is 8.45. The van der Waals surface area contributed by atoms with E-state index in [9.17, 15) is 9.59 Å². The lowest BCUT2D eigenvalue weighted by atomic mass is 9.71. The lowest BCUT2D eigenvalue weighted by Gasteiger charge is -2.38. The third kappa shape index (κ3) is 4.91. The number of nitrogen functional groups attached to an aromatic ring is 1. The van der Waals surface area contributed by atoms with Crippen LogP contribution >= 0.6 is 0 Å². The van der Waals surface area contributed by atoms with Crippen molar-refractivity contribution in [3.8, 4) is 5.75 Å². The van der Waals surface area contributed by atoms with Gasteiger partial charge in [-0.15, -0.1) is 0 Å². The van der Waals surface area contributed by atoms with Gasteiger partial charge in [-0.25, -0.2) is 9.59 Å². The van der Waals surface area contributed by atoms with Gasteiger partial charge in [0.2, 0.25) is 0 Å². The molecule has 0 aliphatic heterocycles. The summed E-state index contributed by atoms with van der Waals surface area (Å²) >= 11 is 0. The van der Waals surface area contributed by atoms with Gasteiger partial charge in [-0.05, 0) is 67.0 Å². The molecule has 5 nitrogen and oxygen atoms in total. The van der Waals surface area contributed by atoms with Crippen molar-refractivity contribution in [2.45, 2.75) is 46.1 Å². The summed E-state index contributed by atoms with van der Waals surface area (Å²) in [7, 11) is 0. The molecule has 1 saturated carbocycles. The first-order valence-electron chi connectivity index (χ1n) is 9.61. The Morgan fingerprint density at radius 1 is 1.00 bits per heavy atom. The standard InChI is InChI=1S/C23H27NO4/c1-15-12-18(14-23(2,3)13-15)27-22(26)19-6-4-5-7-20(19)28-21(25)16-8-10-17(24)11-9-16/h4-11,15,18H,12-14,24H2,1-3H3. The molecule has 1 aliphatic rings. The van der Waals surface area contributed by atoms with Gasteiger partial charge in [-0.3, -0.25) is 0 Å². The van der Waals surface area contributed by atoms with Crippen molar-refractivity contribution < 1.29 is 19.1 Å². The van der Waals surface area contributed by atoms with Crippen molar-refractivity contribution in [3.05, 3.63) is 59.7 Å². The van der Waals surface area contributed by atoms with Gasteiger partial charge in [-0.2, -0.15) is 0 Å². The van der Waals surface area contributed by atoms with E-state index < -0.39 is 11.9 Å². The topological polar surface area (TPSA) is 78.6 Å². The van der Waals surface area contributed by atoms with E-state index in [2.05, 4.69) is 20.8 Å². The molecule has 0 radical (unpaired) electrons. The number of hydrogen-bond donors (Lipinski definition) is 1. The van der Waals surface area contributed by atoms with Crippen molar-refractivity contribution in [1.82, 2.24) is 0 Å². The summed E-state index contributed by atoms with van der Waals surface area (Å²) in [6.45, 7) is 6.59. The Balaban J connectivity index is 1.73. The Labute approximate surface area is 165 Å². The van der Waals surface area contributed by atoms with E-state index in [0.717, 1.165) is 19.3 Å². The van der Waals surface area contributed by atoms with Crippen molar-refractivity contribution in [2.75, 3.05) is 5.73 Å². The molecule has 28 heavy (non-hydrogen) atoms. The highest BCUT2D eigenvalue weighted by Gasteiger charge is 2.34. The molecular formula is C23H27NO4. The van der Waals surface area contributed by atoms with Gasteiger partial charge in [0.25, 0.3) is 0 Å². The molecule has 2 unspecified atom stereocenters. The third-order valence-electron chi connectivity index (χ3n) is 5.08. The summed E-state index contributed by atoms with van der Waals surface area (Å²) in [5.41, 5.74) is 6.96. The van der Waals surface area contributed by atoms with Crippen molar-refractivity contribution in [3.63, 3.8) is 0 Å². The average molecular weight is 381 g/mol. The summed E-state index contributed by atoms with van der Waals surface area (Å²) in [5, 5.41) is 0. The first kappa shape index (κ1) is 19.9. The van der Waals surface area contributed by atoms with Crippen molar-refractivity contribution in [1.29, 1.82) is 0 Å². The van der Waals surface area contributed by atoms with Gasteiger partial charge in [0.15, 0.2) is 0 Å². The maximum atomic E-state index is 12.8. The minimum Gasteiger partial charge on any atom is -0.459 e. The summed E-state index contributed by atoms with van der Waals surface area (Å²) in [6, 6.07) is 13.1. The van der Waals surface area contributed by atoms with Gasteiger partial charge in [-0.1, -0.05) is 32.9 Å². The number of rotatable bonds is 4. The Hall–Kier alpha value is -2.82. The summed E-state index contributed by atoms with van der Waals surface area (Å²) in [6.07, 6.45) is 2.67. The molecule has 0 aromatic heterocycles. The molecule has 5 heteroatoms. The zero-order chi connectivity index (χ0) is 20.3. The molecule has 0 amide bonds. The zero-order valence-corrected chi connectivity index (χ0v) is 16.6. The Bertz CT molecular complexity index is 857. The minimum atomic E-state index is -0.548. The first-order chi connectivity index (χ1) is 13.2. The van der Waals surface area contributed by atoms with Crippen LogP contribution in [0.4, 0.5) is 5.69 Å². The van der Waals surface area contributed by atoms with Crippen LogP contribution in [0.1, 0.15) is 60.7 Å². The van der Waals surface area contributed by atoms with Gasteiger partial charge < -0.3 is 15.2 Å². The predicted octanol–water partition coefficient (Wildman–Crippen LogP) is 4.86. The molecular weight excluding hydrogens is 354 g/mol. The van der Waals surface area contributed by atoms with E-state index in [1.165, 1.54) is 0 Å². The molecule has 148 valence electrons. The number of esters is 2. The molecule has 0 spiro atoms. The molecule has 0 bridgehead atoms. The number of anilines is 1. The Morgan fingerprint density at radius 3 is 2.36 bits per heavy atom. The Morgan fingerprint density at radius 2 is 1.68 bits per heavy atom. The number of ether oxygens (including phenoxy) is 2. The minimum absolute atomic E-state index is 0.132. The zero-order valence-electron chi connectivity index (χ0n) is 16.6. The van der Waals surface area contributed by atoms with E-state index in [1.54, 1.807) is 48.5 Å². The van der Waals surface area contributed by atoms with Crippen molar-refractivity contribution >= 4 is 17.6 Å². The summed E-state index contributed by atoms with van der Waals surface area (Å²) in [5.74, 6) is -0.319. The van der Waals surface area contributed by atoms with Gasteiger partial charge >= 0.3 is 11.9 Å². The highest BCUT2D eigenvalue weighted by Crippen LogP contribution is 2.40. The maximum Gasteiger partial charge on any atom is 0.343 e. The maximum absolute atomic E-state index is 12.8. The molecule has 3 rings (SSSR count). The van der Waals surface area contributed by atoms with Gasteiger partial charge in [0.05, 0.1) is 5.56 Å². The van der Waals surface area contributed by atoms with E-state index >= 15 is 0 Å². The second kappa shape index (κ2) is 8.05. The fraction of sp³-hybridized carbons (Fsp3) is 0.391. The number of carbonyl (C=O) groups is 2. The Kier molecular flexibility index (Phi) is 5.73. The van der Waals surface area contributed by atoms with Crippen LogP contribution in [-0.4, -0.2) is 18.0 Å². The first-order valence-corrected chi connectivity index (χ1v) is 9.61. The molecule has 2 atom stereocenters. The van der Waals surface area contributed by atoms with E-state index in [4.69, 9.17) is 15.2 Å². The number of hydrogen-bond acceptors (Lipinski definition) is 5. The lowest BCUT2D eigenvalue weighted by molar-refractivity contribution is -0.00732. The molecule has 0 saturated heterocycles. The number of carbonyl (C=O) groups excluding carboxylic acids is 2. The van der Waals surface area contributed by atoms with Gasteiger partial charge in [0, 0.05) is 5.69 Å². The van der Waals surface area contributed by atoms with Crippen LogP contribution in [0.3, 0.4) is 0 Å². The SMILES string of the molecule is CC1CC(OC(=O)c2ccccc2OC(=O)c2ccc(N)cc2)CC(C)(C)C1. The smallest absolute Gasteiger partial charge is 0.343 e. The molecule has 0 heterocycles. The quantitative estimate of drug-likeness (QED) is 0.465. The van der Waals surface area contributed by atoms with Crippen LogP contribution in [-0.2, 0) is 4.74 Å². The lowest BCUT2D eigenvalue weighted by Crippen LogP contribution is -2.34. The molecule has 2 N–H and O–H groups in total. The van der Waals surface area contributed by atoms with E-state index in [0.29, 0.717) is 17.2 Å². The normalized spacial score (nSPS) is 21.0. The number of benzene rings is 2. The number of para-hydroxylation sites is 1. The molecule has 2 aromatic rings. The summed E-state index contributed by atoms with van der Waals surface area (Å²) in [4.78, 5) is 25.2.